The minimum Gasteiger partial charge on any atom is -0.368 e. The van der Waals surface area contributed by atoms with Crippen LogP contribution in [0.2, 0.25) is 0 Å². The van der Waals surface area contributed by atoms with Gasteiger partial charge < -0.3 is 9.47 Å². The maximum absolute atomic E-state index is 5.95. The van der Waals surface area contributed by atoms with Crippen LogP contribution < -0.4 is 0 Å². The molecule has 0 radical (unpaired) electrons. The van der Waals surface area contributed by atoms with Crippen LogP contribution in [-0.4, -0.2) is 24.4 Å². The third-order valence-electron chi connectivity index (χ3n) is 2.54. The number of ether oxygens (including phenoxy) is 2. The highest BCUT2D eigenvalue weighted by Gasteiger charge is 2.49. The Bertz CT molecular complexity index is 169. The van der Waals surface area contributed by atoms with Crippen molar-refractivity contribution >= 4 is 11.6 Å². The van der Waals surface area contributed by atoms with E-state index >= 15 is 0 Å². The van der Waals surface area contributed by atoms with E-state index in [4.69, 9.17) is 21.1 Å². The fourth-order valence-electron chi connectivity index (χ4n) is 1.94. The lowest BCUT2D eigenvalue weighted by Gasteiger charge is -2.30. The van der Waals surface area contributed by atoms with Gasteiger partial charge in [-0.2, -0.15) is 0 Å². The highest BCUT2D eigenvalue weighted by molar-refractivity contribution is 6.20. The van der Waals surface area contributed by atoms with Crippen LogP contribution in [0, 0.1) is 5.41 Å². The van der Waals surface area contributed by atoms with Gasteiger partial charge in [0.25, 0.3) is 0 Å². The first-order valence-electron chi connectivity index (χ1n) is 4.01. The average Bonchev–Trinajstić information content (AvgIpc) is 2.15. The standard InChI is InChI=1S/C8H13ClO2/c1-8(2)3-5-4-10-7(9)6(8)11-5/h5-7H,3-4H2,1-2H3/t5-,6-,7-/m0/s1. The third-order valence-corrected chi connectivity index (χ3v) is 2.90. The molecular weight excluding hydrogens is 164 g/mol. The zero-order chi connectivity index (χ0) is 8.06. The van der Waals surface area contributed by atoms with Crippen LogP contribution in [0.3, 0.4) is 0 Å². The van der Waals surface area contributed by atoms with E-state index in [1.54, 1.807) is 0 Å². The molecular formula is C8H13ClO2. The molecule has 0 spiro atoms. The highest BCUT2D eigenvalue weighted by atomic mass is 35.5. The van der Waals surface area contributed by atoms with Gasteiger partial charge >= 0.3 is 0 Å². The SMILES string of the molecule is CC1(C)C[C@H]2CO[C@H](Cl)[C@@H]1O2. The number of hydrogen-bond acceptors (Lipinski definition) is 2. The number of fused-ring (bicyclic) bond motifs is 2. The van der Waals surface area contributed by atoms with Gasteiger partial charge in [-0.3, -0.25) is 0 Å². The molecule has 0 aromatic carbocycles. The van der Waals surface area contributed by atoms with Crippen molar-refractivity contribution in [1.82, 2.24) is 0 Å². The second-order valence-electron chi connectivity index (χ2n) is 4.06. The maximum Gasteiger partial charge on any atom is 0.157 e. The van der Waals surface area contributed by atoms with Gasteiger partial charge in [0.05, 0.1) is 12.7 Å². The van der Waals surface area contributed by atoms with Gasteiger partial charge in [0, 0.05) is 0 Å². The summed E-state index contributed by atoms with van der Waals surface area (Å²) in [6.45, 7) is 5.03. The summed E-state index contributed by atoms with van der Waals surface area (Å²) >= 11 is 5.95. The average molecular weight is 177 g/mol. The quantitative estimate of drug-likeness (QED) is 0.524. The molecule has 3 atom stereocenters. The van der Waals surface area contributed by atoms with E-state index in [9.17, 15) is 0 Å². The number of alkyl halides is 1. The van der Waals surface area contributed by atoms with Gasteiger partial charge in [-0.25, -0.2) is 0 Å². The van der Waals surface area contributed by atoms with E-state index in [1.807, 2.05) is 0 Å². The first-order chi connectivity index (χ1) is 5.09. The van der Waals surface area contributed by atoms with Gasteiger partial charge in [-0.1, -0.05) is 25.4 Å². The van der Waals surface area contributed by atoms with Crippen molar-refractivity contribution in [3.63, 3.8) is 0 Å². The number of rotatable bonds is 0. The van der Waals surface area contributed by atoms with Crippen molar-refractivity contribution in [3.05, 3.63) is 0 Å². The zero-order valence-electron chi connectivity index (χ0n) is 6.84. The van der Waals surface area contributed by atoms with Crippen LogP contribution in [0.1, 0.15) is 20.3 Å². The second-order valence-corrected chi connectivity index (χ2v) is 4.49. The third kappa shape index (κ3) is 1.17. The summed E-state index contributed by atoms with van der Waals surface area (Å²) < 4.78 is 11.0. The van der Waals surface area contributed by atoms with E-state index in [-0.39, 0.29) is 23.2 Å². The molecule has 0 aromatic rings. The maximum atomic E-state index is 5.95. The number of halogens is 1. The minimum atomic E-state index is -0.247. The summed E-state index contributed by atoms with van der Waals surface area (Å²) in [6, 6.07) is 0. The first-order valence-corrected chi connectivity index (χ1v) is 4.44. The summed E-state index contributed by atoms with van der Waals surface area (Å²) in [5.74, 6) is 0. The molecule has 2 heterocycles. The molecule has 2 aliphatic rings. The summed E-state index contributed by atoms with van der Waals surface area (Å²) in [5.41, 5.74) is -0.0584. The molecule has 3 heteroatoms. The van der Waals surface area contributed by atoms with Gasteiger partial charge in [0.1, 0.15) is 6.10 Å². The molecule has 0 saturated carbocycles. The molecule has 2 fully saturated rings. The van der Waals surface area contributed by atoms with Gasteiger partial charge in [-0.15, -0.1) is 0 Å². The largest absolute Gasteiger partial charge is 0.368 e. The molecule has 64 valence electrons. The van der Waals surface area contributed by atoms with Crippen molar-refractivity contribution in [2.75, 3.05) is 6.61 Å². The summed E-state index contributed by atoms with van der Waals surface area (Å²) in [6.07, 6.45) is 1.44. The van der Waals surface area contributed by atoms with E-state index in [0.717, 1.165) is 6.42 Å². The topological polar surface area (TPSA) is 18.5 Å². The van der Waals surface area contributed by atoms with Crippen molar-refractivity contribution < 1.29 is 9.47 Å². The Balaban J connectivity index is 2.19. The monoisotopic (exact) mass is 176 g/mol. The molecule has 2 rings (SSSR count). The van der Waals surface area contributed by atoms with Gasteiger partial charge in [0.15, 0.2) is 5.56 Å². The van der Waals surface area contributed by atoms with Crippen molar-refractivity contribution in [3.8, 4) is 0 Å². The lowest BCUT2D eigenvalue weighted by Crippen LogP contribution is -2.38. The Morgan fingerprint density at radius 1 is 1.45 bits per heavy atom. The minimum absolute atomic E-state index is 0.0860. The van der Waals surface area contributed by atoms with Gasteiger partial charge in [-0.05, 0) is 11.8 Å². The van der Waals surface area contributed by atoms with E-state index in [0.29, 0.717) is 6.61 Å². The van der Waals surface area contributed by atoms with Crippen LogP contribution in [0.15, 0.2) is 0 Å². The zero-order valence-corrected chi connectivity index (χ0v) is 7.60. The van der Waals surface area contributed by atoms with Crippen LogP contribution >= 0.6 is 11.6 Å². The Kier molecular flexibility index (Phi) is 1.67. The molecule has 2 bridgehead atoms. The Labute approximate surface area is 71.8 Å². The van der Waals surface area contributed by atoms with Gasteiger partial charge in [0.2, 0.25) is 0 Å². The van der Waals surface area contributed by atoms with Crippen LogP contribution in [0.4, 0.5) is 0 Å². The normalized spacial score (nSPS) is 47.7. The van der Waals surface area contributed by atoms with Crippen LogP contribution in [0.5, 0.6) is 0 Å². The summed E-state index contributed by atoms with van der Waals surface area (Å²) in [5, 5.41) is 0. The van der Waals surface area contributed by atoms with E-state index in [1.165, 1.54) is 0 Å². The molecule has 0 N–H and O–H groups in total. The molecule has 11 heavy (non-hydrogen) atoms. The second kappa shape index (κ2) is 2.35. The molecule has 0 aliphatic carbocycles. The Morgan fingerprint density at radius 3 is 2.82 bits per heavy atom. The predicted octanol–water partition coefficient (Wildman–Crippen LogP) is 1.77. The Morgan fingerprint density at radius 2 is 2.18 bits per heavy atom. The number of hydrogen-bond donors (Lipinski definition) is 0. The summed E-state index contributed by atoms with van der Waals surface area (Å²) in [7, 11) is 0. The highest BCUT2D eigenvalue weighted by Crippen LogP contribution is 2.44. The summed E-state index contributed by atoms with van der Waals surface area (Å²) in [4.78, 5) is 0. The Hall–Kier alpha value is 0.210. The fourth-order valence-corrected chi connectivity index (χ4v) is 2.42. The van der Waals surface area contributed by atoms with Crippen LogP contribution in [-0.2, 0) is 9.47 Å². The lowest BCUT2D eigenvalue weighted by atomic mass is 9.85. The lowest BCUT2D eigenvalue weighted by molar-refractivity contribution is -0.129. The predicted molar refractivity (Wildman–Crippen MR) is 42.7 cm³/mol. The molecule has 0 aromatic heterocycles. The van der Waals surface area contributed by atoms with Crippen molar-refractivity contribution in [2.24, 2.45) is 5.41 Å². The first kappa shape index (κ1) is 7.84. The molecule has 0 unspecified atom stereocenters. The van der Waals surface area contributed by atoms with E-state index in [2.05, 4.69) is 13.8 Å². The van der Waals surface area contributed by atoms with E-state index < -0.39 is 0 Å². The molecule has 2 saturated heterocycles. The fraction of sp³-hybridized carbons (Fsp3) is 1.00. The van der Waals surface area contributed by atoms with Crippen molar-refractivity contribution in [1.29, 1.82) is 0 Å². The molecule has 0 amide bonds. The van der Waals surface area contributed by atoms with Crippen LogP contribution in [0.25, 0.3) is 0 Å². The molecule has 2 aliphatic heterocycles. The van der Waals surface area contributed by atoms with Crippen molar-refractivity contribution in [2.45, 2.75) is 38.0 Å². The molecule has 2 nitrogen and oxygen atoms in total. The smallest absolute Gasteiger partial charge is 0.157 e.